The summed E-state index contributed by atoms with van der Waals surface area (Å²) in [6.07, 6.45) is 3.56. The second-order valence-electron chi connectivity index (χ2n) is 6.17. The van der Waals surface area contributed by atoms with Gasteiger partial charge in [0.05, 0.1) is 11.4 Å². The van der Waals surface area contributed by atoms with Crippen LogP contribution >= 0.6 is 23.4 Å². The predicted molar refractivity (Wildman–Crippen MR) is 111 cm³/mol. The van der Waals surface area contributed by atoms with Crippen LogP contribution in [0, 0.1) is 13.8 Å². The first-order valence-corrected chi connectivity index (χ1v) is 9.89. The molecule has 1 aromatic heterocycles. The summed E-state index contributed by atoms with van der Waals surface area (Å²) in [6, 6.07) is 12.6. The number of aryl methyl sites for hydroxylation is 2. The monoisotopic (exact) mass is 414 g/mol. The third-order valence-corrected chi connectivity index (χ3v) is 5.20. The zero-order valence-electron chi connectivity index (χ0n) is 15.4. The van der Waals surface area contributed by atoms with Gasteiger partial charge in [-0.25, -0.2) is 4.98 Å². The smallest absolute Gasteiger partial charge is 0.269 e. The van der Waals surface area contributed by atoms with E-state index < -0.39 is 5.91 Å². The number of hydrazine groups is 1. The number of imidazole rings is 1. The number of carbonyl (C=O) groups excluding carboxylic acids is 2. The Bertz CT molecular complexity index is 1000. The highest BCUT2D eigenvalue weighted by molar-refractivity contribution is 7.99. The highest BCUT2D eigenvalue weighted by Gasteiger charge is 2.12. The lowest BCUT2D eigenvalue weighted by Crippen LogP contribution is -2.42. The number of nitrogens with one attached hydrogen (secondary N) is 2. The van der Waals surface area contributed by atoms with Crippen LogP contribution in [-0.2, 0) is 4.79 Å². The maximum atomic E-state index is 12.1. The molecule has 144 valence electrons. The first-order chi connectivity index (χ1) is 13.4. The van der Waals surface area contributed by atoms with Crippen molar-refractivity contribution in [3.63, 3.8) is 0 Å². The molecule has 28 heavy (non-hydrogen) atoms. The van der Waals surface area contributed by atoms with Crippen LogP contribution in [0.4, 0.5) is 0 Å². The summed E-state index contributed by atoms with van der Waals surface area (Å²) in [4.78, 5) is 28.4. The topological polar surface area (TPSA) is 76.0 Å². The van der Waals surface area contributed by atoms with Gasteiger partial charge in [-0.05, 0) is 55.3 Å². The van der Waals surface area contributed by atoms with Gasteiger partial charge >= 0.3 is 0 Å². The van der Waals surface area contributed by atoms with Gasteiger partial charge in [0.2, 0.25) is 5.91 Å². The van der Waals surface area contributed by atoms with Crippen molar-refractivity contribution in [1.82, 2.24) is 20.4 Å². The second-order valence-corrected chi connectivity index (χ2v) is 7.55. The molecule has 2 aromatic carbocycles. The normalized spacial score (nSPS) is 10.5. The number of thioether (sulfide) groups is 1. The number of rotatable bonds is 5. The van der Waals surface area contributed by atoms with Crippen LogP contribution < -0.4 is 10.9 Å². The summed E-state index contributed by atoms with van der Waals surface area (Å²) in [7, 11) is 0. The Labute approximate surface area is 172 Å². The first-order valence-electron chi connectivity index (χ1n) is 8.52. The largest absolute Gasteiger partial charge is 0.295 e. The molecule has 0 saturated carbocycles. The fourth-order valence-electron chi connectivity index (χ4n) is 2.52. The molecule has 1 heterocycles. The Balaban J connectivity index is 1.57. The average Bonchev–Trinajstić information content (AvgIpc) is 3.15. The molecule has 0 aliphatic rings. The average molecular weight is 415 g/mol. The van der Waals surface area contributed by atoms with Gasteiger partial charge in [-0.15, -0.1) is 0 Å². The maximum absolute atomic E-state index is 12.1. The van der Waals surface area contributed by atoms with Crippen molar-refractivity contribution in [2.24, 2.45) is 0 Å². The molecular weight excluding hydrogens is 396 g/mol. The van der Waals surface area contributed by atoms with Gasteiger partial charge < -0.3 is 0 Å². The van der Waals surface area contributed by atoms with Gasteiger partial charge in [0.25, 0.3) is 5.91 Å². The van der Waals surface area contributed by atoms with Crippen molar-refractivity contribution in [2.75, 3.05) is 5.75 Å². The molecule has 0 radical (unpaired) electrons. The molecule has 8 heteroatoms. The minimum absolute atomic E-state index is 0.114. The Morgan fingerprint density at radius 3 is 2.61 bits per heavy atom. The molecule has 0 bridgehead atoms. The minimum atomic E-state index is -0.410. The lowest BCUT2D eigenvalue weighted by Gasteiger charge is -2.11. The van der Waals surface area contributed by atoms with E-state index in [1.165, 1.54) is 11.8 Å². The molecule has 6 nitrogen and oxygen atoms in total. The van der Waals surface area contributed by atoms with Gasteiger partial charge in [0, 0.05) is 23.0 Å². The Hall–Kier alpha value is -2.77. The summed E-state index contributed by atoms with van der Waals surface area (Å²) >= 11 is 7.09. The Kier molecular flexibility index (Phi) is 6.38. The van der Waals surface area contributed by atoms with Gasteiger partial charge in [-0.3, -0.25) is 25.0 Å². The van der Waals surface area contributed by atoms with E-state index in [9.17, 15) is 9.59 Å². The number of aromatic nitrogens is 2. The zero-order chi connectivity index (χ0) is 20.1. The number of carbonyl (C=O) groups is 2. The fourth-order valence-corrected chi connectivity index (χ4v) is 3.42. The van der Waals surface area contributed by atoms with Gasteiger partial charge in [0.15, 0.2) is 5.16 Å². The summed E-state index contributed by atoms with van der Waals surface area (Å²) in [5.74, 6) is -0.627. The molecule has 3 aromatic rings. The zero-order valence-corrected chi connectivity index (χ0v) is 17.0. The van der Waals surface area contributed by atoms with Gasteiger partial charge in [0.1, 0.15) is 0 Å². The van der Waals surface area contributed by atoms with Crippen LogP contribution in [0.25, 0.3) is 5.69 Å². The van der Waals surface area contributed by atoms with E-state index in [4.69, 9.17) is 11.6 Å². The molecule has 0 fully saturated rings. The lowest BCUT2D eigenvalue weighted by molar-refractivity contribution is -0.119. The summed E-state index contributed by atoms with van der Waals surface area (Å²) in [5, 5.41) is 1.24. The van der Waals surface area contributed by atoms with Crippen molar-refractivity contribution in [3.8, 4) is 5.69 Å². The van der Waals surface area contributed by atoms with Crippen LogP contribution in [0.2, 0.25) is 5.02 Å². The number of benzene rings is 2. The third-order valence-electron chi connectivity index (χ3n) is 3.99. The summed E-state index contributed by atoms with van der Waals surface area (Å²) in [6.45, 7) is 4.06. The fraction of sp³-hybridized carbons (Fsp3) is 0.150. The highest BCUT2D eigenvalue weighted by Crippen LogP contribution is 2.23. The number of hydrogen-bond donors (Lipinski definition) is 2. The minimum Gasteiger partial charge on any atom is -0.295 e. The van der Waals surface area contributed by atoms with Crippen LogP contribution in [0.3, 0.4) is 0 Å². The van der Waals surface area contributed by atoms with E-state index in [0.717, 1.165) is 16.8 Å². The molecule has 2 amide bonds. The number of halogens is 1. The standard InChI is InChI=1S/C20H19ClN4O2S/c1-13-3-4-14(2)17(11-13)25-10-9-22-20(25)28-12-18(26)23-24-19(27)15-5-7-16(21)8-6-15/h3-11H,12H2,1-2H3,(H,23,26)(H,24,27). The Morgan fingerprint density at radius 2 is 1.86 bits per heavy atom. The van der Waals surface area contributed by atoms with E-state index in [-0.39, 0.29) is 11.7 Å². The quantitative estimate of drug-likeness (QED) is 0.493. The van der Waals surface area contributed by atoms with E-state index in [1.807, 2.05) is 24.6 Å². The van der Waals surface area contributed by atoms with E-state index in [0.29, 0.717) is 15.7 Å². The van der Waals surface area contributed by atoms with E-state index >= 15 is 0 Å². The summed E-state index contributed by atoms with van der Waals surface area (Å²) in [5.41, 5.74) is 8.49. The predicted octanol–water partition coefficient (Wildman–Crippen LogP) is 3.70. The van der Waals surface area contributed by atoms with E-state index in [2.05, 4.69) is 34.0 Å². The van der Waals surface area contributed by atoms with Crippen LogP contribution in [-0.4, -0.2) is 27.1 Å². The van der Waals surface area contributed by atoms with Gasteiger partial charge in [-0.2, -0.15) is 0 Å². The molecule has 0 unspecified atom stereocenters. The van der Waals surface area contributed by atoms with Crippen molar-refractivity contribution in [1.29, 1.82) is 0 Å². The lowest BCUT2D eigenvalue weighted by atomic mass is 10.1. The maximum Gasteiger partial charge on any atom is 0.269 e. The van der Waals surface area contributed by atoms with Crippen molar-refractivity contribution < 1.29 is 9.59 Å². The van der Waals surface area contributed by atoms with Crippen molar-refractivity contribution in [2.45, 2.75) is 19.0 Å². The molecule has 2 N–H and O–H groups in total. The van der Waals surface area contributed by atoms with Crippen molar-refractivity contribution >= 4 is 35.2 Å². The van der Waals surface area contributed by atoms with Crippen LogP contribution in [0.1, 0.15) is 21.5 Å². The number of amides is 2. The number of nitrogens with zero attached hydrogens (tertiary/aromatic N) is 2. The van der Waals surface area contributed by atoms with Crippen LogP contribution in [0.5, 0.6) is 0 Å². The van der Waals surface area contributed by atoms with Crippen LogP contribution in [0.15, 0.2) is 60.0 Å². The molecule has 0 aliphatic carbocycles. The SMILES string of the molecule is Cc1ccc(C)c(-n2ccnc2SCC(=O)NNC(=O)c2ccc(Cl)cc2)c1. The number of hydrogen-bond acceptors (Lipinski definition) is 4. The molecule has 3 rings (SSSR count). The molecule has 0 aliphatic heterocycles. The Morgan fingerprint density at radius 1 is 1.11 bits per heavy atom. The third kappa shape index (κ3) is 4.94. The molecular formula is C20H19ClN4O2S. The summed E-state index contributed by atoms with van der Waals surface area (Å²) < 4.78 is 1.95. The first kappa shape index (κ1) is 20.0. The molecule has 0 spiro atoms. The molecule has 0 saturated heterocycles. The molecule has 0 atom stereocenters. The van der Waals surface area contributed by atoms with E-state index in [1.54, 1.807) is 30.5 Å². The second kappa shape index (κ2) is 8.95. The van der Waals surface area contributed by atoms with Gasteiger partial charge in [-0.1, -0.05) is 35.5 Å². The van der Waals surface area contributed by atoms with Crippen molar-refractivity contribution in [3.05, 3.63) is 76.6 Å². The highest BCUT2D eigenvalue weighted by atomic mass is 35.5.